The number of hydrogen-bond acceptors (Lipinski definition) is 4. The van der Waals surface area contributed by atoms with Crippen LogP contribution in [0, 0.1) is 11.3 Å². The van der Waals surface area contributed by atoms with Crippen LogP contribution in [-0.4, -0.2) is 43.0 Å². The van der Waals surface area contributed by atoms with E-state index in [1.165, 1.54) is 0 Å². The van der Waals surface area contributed by atoms with Crippen molar-refractivity contribution in [2.45, 2.75) is 26.3 Å². The van der Waals surface area contributed by atoms with E-state index in [4.69, 9.17) is 11.6 Å². The van der Waals surface area contributed by atoms with E-state index in [1.54, 1.807) is 6.20 Å². The maximum absolute atomic E-state index is 12.1. The Hall–Kier alpha value is -2.19. The van der Waals surface area contributed by atoms with Crippen molar-refractivity contribution in [1.82, 2.24) is 10.2 Å². The van der Waals surface area contributed by atoms with E-state index in [-0.39, 0.29) is 17.5 Å². The van der Waals surface area contributed by atoms with E-state index < -0.39 is 0 Å². The number of amides is 1. The molecule has 5 nitrogen and oxygen atoms in total. The third-order valence-electron chi connectivity index (χ3n) is 4.15. The van der Waals surface area contributed by atoms with Crippen molar-refractivity contribution < 1.29 is 4.79 Å². The molecule has 1 aliphatic rings. The van der Waals surface area contributed by atoms with Crippen LogP contribution in [0.5, 0.6) is 0 Å². The molecule has 0 aliphatic carbocycles. The smallest absolute Gasteiger partial charge is 0.263 e. The molecule has 1 aromatic rings. The highest BCUT2D eigenvalue weighted by Gasteiger charge is 2.18. The quantitative estimate of drug-likeness (QED) is 0.658. The van der Waals surface area contributed by atoms with Crippen molar-refractivity contribution in [2.75, 3.05) is 31.1 Å². The molecule has 0 saturated carbocycles. The van der Waals surface area contributed by atoms with Crippen molar-refractivity contribution >= 4 is 23.2 Å². The molecule has 1 atom stereocenters. The predicted octanol–water partition coefficient (Wildman–Crippen LogP) is 2.78. The van der Waals surface area contributed by atoms with Crippen LogP contribution in [0.15, 0.2) is 36.0 Å². The molecule has 0 aromatic heterocycles. The molecule has 6 heteroatoms. The molecular weight excluding hydrogens is 324 g/mol. The second-order valence-corrected chi connectivity index (χ2v) is 6.38. The van der Waals surface area contributed by atoms with Gasteiger partial charge in [-0.05, 0) is 31.5 Å². The van der Waals surface area contributed by atoms with Crippen LogP contribution < -0.4 is 10.2 Å². The van der Waals surface area contributed by atoms with Gasteiger partial charge in [-0.15, -0.1) is 0 Å². The summed E-state index contributed by atoms with van der Waals surface area (Å²) in [6, 6.07) is 9.86. The zero-order chi connectivity index (χ0) is 17.5. The lowest BCUT2D eigenvalue weighted by Gasteiger charge is -2.35. The fourth-order valence-corrected chi connectivity index (χ4v) is 2.69. The summed E-state index contributed by atoms with van der Waals surface area (Å²) >= 11 is 6.04. The van der Waals surface area contributed by atoms with Crippen molar-refractivity contribution in [2.24, 2.45) is 0 Å². The summed E-state index contributed by atoms with van der Waals surface area (Å²) in [5, 5.41) is 12.8. The Bertz CT molecular complexity index is 645. The average Bonchev–Trinajstić information content (AvgIpc) is 2.59. The Balaban J connectivity index is 1.95. The van der Waals surface area contributed by atoms with Crippen LogP contribution in [0.3, 0.4) is 0 Å². The normalized spacial score (nSPS) is 16.5. The third kappa shape index (κ3) is 4.90. The minimum absolute atomic E-state index is 0.0638. The summed E-state index contributed by atoms with van der Waals surface area (Å²) in [4.78, 5) is 16.4. The first kappa shape index (κ1) is 18.2. The van der Waals surface area contributed by atoms with Crippen molar-refractivity contribution in [3.05, 3.63) is 41.1 Å². The molecule has 1 fully saturated rings. The second-order valence-electron chi connectivity index (χ2n) is 5.94. The summed E-state index contributed by atoms with van der Waals surface area (Å²) in [6.45, 7) is 7.08. The monoisotopic (exact) mass is 346 g/mol. The van der Waals surface area contributed by atoms with Gasteiger partial charge in [0, 0.05) is 49.1 Å². The molecule has 1 saturated heterocycles. The molecule has 1 N–H and O–H groups in total. The lowest BCUT2D eigenvalue weighted by atomic mass is 10.2. The fourth-order valence-electron chi connectivity index (χ4n) is 2.51. The predicted molar refractivity (Wildman–Crippen MR) is 96.8 cm³/mol. The third-order valence-corrected chi connectivity index (χ3v) is 4.39. The van der Waals surface area contributed by atoms with Gasteiger partial charge in [0.05, 0.1) is 0 Å². The van der Waals surface area contributed by atoms with E-state index in [1.807, 2.05) is 49.1 Å². The Labute approximate surface area is 148 Å². The maximum atomic E-state index is 12.1. The van der Waals surface area contributed by atoms with Gasteiger partial charge in [-0.25, -0.2) is 0 Å². The average molecular weight is 347 g/mol. The summed E-state index contributed by atoms with van der Waals surface area (Å²) in [5.41, 5.74) is 1.26. The zero-order valence-electron chi connectivity index (χ0n) is 14.1. The first-order valence-electron chi connectivity index (χ1n) is 8.20. The van der Waals surface area contributed by atoms with E-state index in [9.17, 15) is 10.1 Å². The molecule has 1 unspecified atom stereocenters. The number of piperazine rings is 1. The summed E-state index contributed by atoms with van der Waals surface area (Å²) in [7, 11) is 0. The molecule has 1 heterocycles. The number of benzene rings is 1. The number of carbonyl (C=O) groups is 1. The van der Waals surface area contributed by atoms with E-state index >= 15 is 0 Å². The SMILES string of the molecule is CCC(C)NC(=O)/C(C#N)=C\N1CCN(c2cccc(Cl)c2)CC1. The van der Waals surface area contributed by atoms with Crippen LogP contribution in [0.25, 0.3) is 0 Å². The van der Waals surface area contributed by atoms with Crippen LogP contribution >= 0.6 is 11.6 Å². The standard InChI is InChI=1S/C18H23ClN4O/c1-3-14(2)21-18(24)15(12-20)13-22-7-9-23(10-8-22)17-6-4-5-16(19)11-17/h4-6,11,13-14H,3,7-10H2,1-2H3,(H,21,24)/b15-13-. The van der Waals surface area contributed by atoms with Crippen LogP contribution in [0.2, 0.25) is 5.02 Å². The number of nitrogens with one attached hydrogen (secondary N) is 1. The van der Waals surface area contributed by atoms with Gasteiger partial charge >= 0.3 is 0 Å². The van der Waals surface area contributed by atoms with Crippen molar-refractivity contribution in [3.63, 3.8) is 0 Å². The lowest BCUT2D eigenvalue weighted by molar-refractivity contribution is -0.117. The first-order chi connectivity index (χ1) is 11.5. The number of halogens is 1. The minimum Gasteiger partial charge on any atom is -0.373 e. The zero-order valence-corrected chi connectivity index (χ0v) is 14.9. The summed E-state index contributed by atoms with van der Waals surface area (Å²) < 4.78 is 0. The van der Waals surface area contributed by atoms with Gasteiger partial charge in [-0.3, -0.25) is 4.79 Å². The Morgan fingerprint density at radius 1 is 1.42 bits per heavy atom. The van der Waals surface area contributed by atoms with Gasteiger partial charge in [0.25, 0.3) is 5.91 Å². The highest BCUT2D eigenvalue weighted by Crippen LogP contribution is 2.21. The van der Waals surface area contributed by atoms with Crippen LogP contribution in [-0.2, 0) is 4.79 Å². The number of anilines is 1. The highest BCUT2D eigenvalue weighted by molar-refractivity contribution is 6.30. The minimum atomic E-state index is -0.302. The molecule has 1 amide bonds. The number of rotatable bonds is 5. The molecule has 0 bridgehead atoms. The van der Waals surface area contributed by atoms with Gasteiger partial charge in [0.1, 0.15) is 11.6 Å². The Kier molecular flexibility index (Phi) is 6.51. The lowest BCUT2D eigenvalue weighted by Crippen LogP contribution is -2.44. The van der Waals surface area contributed by atoms with Gasteiger partial charge in [0.2, 0.25) is 0 Å². The Morgan fingerprint density at radius 3 is 2.71 bits per heavy atom. The molecule has 2 rings (SSSR count). The summed E-state index contributed by atoms with van der Waals surface area (Å²) in [5.74, 6) is -0.302. The van der Waals surface area contributed by atoms with Crippen LogP contribution in [0.4, 0.5) is 5.69 Å². The number of carbonyl (C=O) groups excluding carboxylic acids is 1. The molecule has 0 spiro atoms. The molecule has 1 aliphatic heterocycles. The number of nitriles is 1. The van der Waals surface area contributed by atoms with Crippen molar-refractivity contribution in [3.8, 4) is 6.07 Å². The van der Waals surface area contributed by atoms with Gasteiger partial charge in [-0.2, -0.15) is 5.26 Å². The molecule has 0 radical (unpaired) electrons. The number of nitrogens with zero attached hydrogens (tertiary/aromatic N) is 3. The maximum Gasteiger partial charge on any atom is 0.263 e. The fraction of sp³-hybridized carbons (Fsp3) is 0.444. The molecule has 1 aromatic carbocycles. The van der Waals surface area contributed by atoms with E-state index in [2.05, 4.69) is 10.2 Å². The van der Waals surface area contributed by atoms with E-state index in [0.29, 0.717) is 0 Å². The van der Waals surface area contributed by atoms with E-state index in [0.717, 1.165) is 43.3 Å². The largest absolute Gasteiger partial charge is 0.373 e. The summed E-state index contributed by atoms with van der Waals surface area (Å²) in [6.07, 6.45) is 2.51. The Morgan fingerprint density at radius 2 is 2.12 bits per heavy atom. The van der Waals surface area contributed by atoms with Crippen molar-refractivity contribution in [1.29, 1.82) is 5.26 Å². The van der Waals surface area contributed by atoms with Gasteiger partial charge in [0.15, 0.2) is 0 Å². The highest BCUT2D eigenvalue weighted by atomic mass is 35.5. The topological polar surface area (TPSA) is 59.4 Å². The first-order valence-corrected chi connectivity index (χ1v) is 8.58. The second kappa shape index (κ2) is 8.60. The number of hydrogen-bond donors (Lipinski definition) is 1. The van der Waals surface area contributed by atoms with Gasteiger partial charge < -0.3 is 15.1 Å². The van der Waals surface area contributed by atoms with Gasteiger partial charge in [-0.1, -0.05) is 24.6 Å². The molecule has 24 heavy (non-hydrogen) atoms. The molecular formula is C18H23ClN4O. The molecule has 128 valence electrons. The van der Waals surface area contributed by atoms with Crippen LogP contribution in [0.1, 0.15) is 20.3 Å².